The van der Waals surface area contributed by atoms with Crippen molar-refractivity contribution in [3.8, 4) is 0 Å². The van der Waals surface area contributed by atoms with Crippen LogP contribution < -0.4 is 5.32 Å². The van der Waals surface area contributed by atoms with E-state index in [0.29, 0.717) is 0 Å². The highest BCUT2D eigenvalue weighted by molar-refractivity contribution is 5.78. The minimum atomic E-state index is -1.16. The minimum Gasteiger partial charge on any atom is -0.320 e. The number of hydrogen-bond acceptors (Lipinski definition) is 5. The van der Waals surface area contributed by atoms with Gasteiger partial charge in [-0.15, -0.1) is 0 Å². The third kappa shape index (κ3) is 2.40. The zero-order valence-corrected chi connectivity index (χ0v) is 11.3. The molecule has 0 saturated heterocycles. The zero-order chi connectivity index (χ0) is 15.7. The second-order valence-electron chi connectivity index (χ2n) is 4.49. The Kier molecular flexibility index (Phi) is 3.57. The second-order valence-corrected chi connectivity index (χ2v) is 4.49. The molecule has 0 saturated carbocycles. The normalized spacial score (nSPS) is 18.5. The van der Waals surface area contributed by atoms with Gasteiger partial charge in [0.05, 0.1) is 21.1 Å². The van der Waals surface area contributed by atoms with E-state index in [4.69, 9.17) is 0 Å². The number of nitrogens with zero attached hydrogens (tertiary/aromatic N) is 3. The van der Waals surface area contributed by atoms with Crippen molar-refractivity contribution in [2.24, 2.45) is 0 Å². The lowest BCUT2D eigenvalue weighted by atomic mass is 9.99. The number of nitro groups is 2. The third-order valence-electron chi connectivity index (χ3n) is 3.36. The zero-order valence-electron chi connectivity index (χ0n) is 11.3. The Hall–Kier alpha value is -2.97. The standard InChI is InChI=1S/C12H12N4O5/c1-7-11(16(20)21)10(13-12(17)14(7)2)8-5-3-4-6-9(8)15(18)19/h3-6,10H,1-2H3,(H,13,17). The summed E-state index contributed by atoms with van der Waals surface area (Å²) in [5.74, 6) is 0. The number of amides is 2. The molecule has 1 aromatic rings. The van der Waals surface area contributed by atoms with Crippen molar-refractivity contribution in [1.82, 2.24) is 10.2 Å². The summed E-state index contributed by atoms with van der Waals surface area (Å²) in [6.45, 7) is 1.43. The van der Waals surface area contributed by atoms with Crippen LogP contribution in [0.25, 0.3) is 0 Å². The number of hydrogen-bond donors (Lipinski definition) is 1. The van der Waals surface area contributed by atoms with Gasteiger partial charge in [0.1, 0.15) is 0 Å². The van der Waals surface area contributed by atoms with Crippen molar-refractivity contribution >= 4 is 11.7 Å². The first-order valence-corrected chi connectivity index (χ1v) is 5.97. The van der Waals surface area contributed by atoms with Gasteiger partial charge in [0.2, 0.25) is 0 Å². The quantitative estimate of drug-likeness (QED) is 0.673. The van der Waals surface area contributed by atoms with Gasteiger partial charge < -0.3 is 5.32 Å². The van der Waals surface area contributed by atoms with Gasteiger partial charge in [-0.25, -0.2) is 4.79 Å². The molecule has 0 radical (unpaired) electrons. The smallest absolute Gasteiger partial charge is 0.320 e. The monoisotopic (exact) mass is 292 g/mol. The van der Waals surface area contributed by atoms with Crippen LogP contribution >= 0.6 is 0 Å². The summed E-state index contributed by atoms with van der Waals surface area (Å²) < 4.78 is 0. The van der Waals surface area contributed by atoms with E-state index in [-0.39, 0.29) is 22.6 Å². The summed E-state index contributed by atoms with van der Waals surface area (Å²) in [6.07, 6.45) is 0. The van der Waals surface area contributed by atoms with E-state index in [1.54, 1.807) is 0 Å². The number of benzene rings is 1. The number of urea groups is 1. The molecule has 2 amide bonds. The highest BCUT2D eigenvalue weighted by atomic mass is 16.6. The summed E-state index contributed by atoms with van der Waals surface area (Å²) in [4.78, 5) is 34.0. The van der Waals surface area contributed by atoms with Crippen LogP contribution in [-0.4, -0.2) is 27.8 Å². The number of carbonyl (C=O) groups is 1. The Bertz CT molecular complexity index is 669. The van der Waals surface area contributed by atoms with E-state index >= 15 is 0 Å². The predicted molar refractivity (Wildman–Crippen MR) is 71.8 cm³/mol. The van der Waals surface area contributed by atoms with Gasteiger partial charge in [0, 0.05) is 13.1 Å². The van der Waals surface area contributed by atoms with Gasteiger partial charge in [-0.3, -0.25) is 25.1 Å². The van der Waals surface area contributed by atoms with Gasteiger partial charge in [-0.2, -0.15) is 0 Å². The van der Waals surface area contributed by atoms with Gasteiger partial charge in [-0.1, -0.05) is 12.1 Å². The number of rotatable bonds is 3. The molecule has 0 spiro atoms. The molecule has 1 aliphatic rings. The molecule has 0 fully saturated rings. The van der Waals surface area contributed by atoms with E-state index in [0.717, 1.165) is 4.90 Å². The number of para-hydroxylation sites is 1. The fourth-order valence-electron chi connectivity index (χ4n) is 2.18. The van der Waals surface area contributed by atoms with Crippen molar-refractivity contribution in [2.75, 3.05) is 7.05 Å². The largest absolute Gasteiger partial charge is 0.322 e. The van der Waals surface area contributed by atoms with Crippen LogP contribution in [0.15, 0.2) is 35.7 Å². The summed E-state index contributed by atoms with van der Waals surface area (Å²) in [6, 6.07) is 3.91. The van der Waals surface area contributed by atoms with E-state index in [1.165, 1.54) is 38.2 Å². The van der Waals surface area contributed by atoms with Crippen molar-refractivity contribution in [1.29, 1.82) is 0 Å². The van der Waals surface area contributed by atoms with E-state index < -0.39 is 21.9 Å². The van der Waals surface area contributed by atoms with Crippen molar-refractivity contribution in [3.63, 3.8) is 0 Å². The van der Waals surface area contributed by atoms with Crippen LogP contribution in [0.1, 0.15) is 18.5 Å². The van der Waals surface area contributed by atoms with Crippen LogP contribution in [-0.2, 0) is 0 Å². The highest BCUT2D eigenvalue weighted by Gasteiger charge is 2.40. The first kappa shape index (κ1) is 14.4. The molecule has 110 valence electrons. The lowest BCUT2D eigenvalue weighted by Crippen LogP contribution is -2.46. The molecule has 0 bridgehead atoms. The Balaban J connectivity index is 2.65. The van der Waals surface area contributed by atoms with Crippen LogP contribution in [0, 0.1) is 20.2 Å². The molecule has 1 atom stereocenters. The molecule has 0 aromatic heterocycles. The van der Waals surface area contributed by atoms with Crippen LogP contribution in [0.3, 0.4) is 0 Å². The maximum absolute atomic E-state index is 11.8. The topological polar surface area (TPSA) is 119 Å². The first-order valence-electron chi connectivity index (χ1n) is 5.97. The van der Waals surface area contributed by atoms with Crippen LogP contribution in [0.2, 0.25) is 0 Å². The maximum Gasteiger partial charge on any atom is 0.322 e. The number of nitrogens with one attached hydrogen (secondary N) is 1. The van der Waals surface area contributed by atoms with Crippen molar-refractivity contribution in [2.45, 2.75) is 13.0 Å². The fourth-order valence-corrected chi connectivity index (χ4v) is 2.18. The van der Waals surface area contributed by atoms with Gasteiger partial charge in [0.15, 0.2) is 6.04 Å². The number of allylic oxidation sites excluding steroid dienone is 1. The predicted octanol–water partition coefficient (Wildman–Crippen LogP) is 1.80. The molecule has 21 heavy (non-hydrogen) atoms. The first-order chi connectivity index (χ1) is 9.84. The highest BCUT2D eigenvalue weighted by Crippen LogP contribution is 2.34. The van der Waals surface area contributed by atoms with E-state index in [2.05, 4.69) is 5.32 Å². The number of carbonyl (C=O) groups excluding carboxylic acids is 1. The Labute approximate surface area is 119 Å². The van der Waals surface area contributed by atoms with Crippen LogP contribution in [0.5, 0.6) is 0 Å². The summed E-state index contributed by atoms with van der Waals surface area (Å²) in [7, 11) is 1.39. The van der Waals surface area contributed by atoms with Gasteiger partial charge in [-0.05, 0) is 13.0 Å². The molecule has 9 nitrogen and oxygen atoms in total. The third-order valence-corrected chi connectivity index (χ3v) is 3.36. The summed E-state index contributed by atoms with van der Waals surface area (Å²) >= 11 is 0. The molecule has 1 unspecified atom stereocenters. The minimum absolute atomic E-state index is 0.0787. The summed E-state index contributed by atoms with van der Waals surface area (Å²) in [5, 5.41) is 24.8. The molecule has 1 aliphatic heterocycles. The molecular formula is C12H12N4O5. The molecule has 2 rings (SSSR count). The molecule has 9 heteroatoms. The fraction of sp³-hybridized carbons (Fsp3) is 0.250. The van der Waals surface area contributed by atoms with E-state index in [1.807, 2.05) is 0 Å². The van der Waals surface area contributed by atoms with Crippen molar-refractivity contribution < 1.29 is 14.6 Å². The van der Waals surface area contributed by atoms with Crippen molar-refractivity contribution in [3.05, 3.63) is 61.5 Å². The molecule has 1 aromatic carbocycles. The Morgan fingerprint density at radius 3 is 2.38 bits per heavy atom. The van der Waals surface area contributed by atoms with Gasteiger partial charge in [0.25, 0.3) is 11.4 Å². The Morgan fingerprint density at radius 1 is 1.19 bits per heavy atom. The van der Waals surface area contributed by atoms with E-state index in [9.17, 15) is 25.0 Å². The second kappa shape index (κ2) is 5.19. The average Bonchev–Trinajstić information content (AvgIpc) is 2.43. The lowest BCUT2D eigenvalue weighted by Gasteiger charge is -2.29. The summed E-state index contributed by atoms with van der Waals surface area (Å²) in [5.41, 5.74) is -0.340. The maximum atomic E-state index is 11.8. The van der Waals surface area contributed by atoms with Crippen LogP contribution in [0.4, 0.5) is 10.5 Å². The Morgan fingerprint density at radius 2 is 1.81 bits per heavy atom. The molecule has 1 N–H and O–H groups in total. The van der Waals surface area contributed by atoms with Gasteiger partial charge >= 0.3 is 6.03 Å². The lowest BCUT2D eigenvalue weighted by molar-refractivity contribution is -0.434. The molecule has 0 aliphatic carbocycles. The molecular weight excluding hydrogens is 280 g/mol. The average molecular weight is 292 g/mol. The SMILES string of the molecule is CC1=C([N+](=O)[O-])C(c2ccccc2[N+](=O)[O-])NC(=O)N1C. The number of nitro benzene ring substituents is 1. The molecule has 1 heterocycles.